The molecule has 1 fully saturated rings. The number of sulfonamides is 1. The molecule has 18 heavy (non-hydrogen) atoms. The molecule has 2 N–H and O–H groups in total. The molecule has 0 aliphatic carbocycles. The number of anilines is 1. The van der Waals surface area contributed by atoms with E-state index in [2.05, 4.69) is 10.0 Å². The summed E-state index contributed by atoms with van der Waals surface area (Å²) in [6, 6.07) is 6.71. The Morgan fingerprint density at radius 3 is 2.61 bits per heavy atom. The number of halogens is 1. The number of benzene rings is 1. The van der Waals surface area contributed by atoms with Gasteiger partial charge in [-0.2, -0.15) is 0 Å². The van der Waals surface area contributed by atoms with E-state index in [1.807, 2.05) is 0 Å². The topological polar surface area (TPSA) is 58.2 Å². The summed E-state index contributed by atoms with van der Waals surface area (Å²) in [6.07, 6.45) is 3.14. The number of hydrogen-bond acceptors (Lipinski definition) is 3. The van der Waals surface area contributed by atoms with E-state index >= 15 is 0 Å². The Bertz CT molecular complexity index is 481. The highest BCUT2D eigenvalue weighted by molar-refractivity contribution is 7.92. The predicted molar refractivity (Wildman–Crippen MR) is 74.5 cm³/mol. The van der Waals surface area contributed by atoms with Crippen molar-refractivity contribution in [2.45, 2.75) is 25.3 Å². The van der Waals surface area contributed by atoms with Gasteiger partial charge in [-0.05, 0) is 43.7 Å². The van der Waals surface area contributed by atoms with Gasteiger partial charge in [-0.15, -0.1) is 0 Å². The van der Waals surface area contributed by atoms with Gasteiger partial charge in [-0.25, -0.2) is 8.42 Å². The summed E-state index contributed by atoms with van der Waals surface area (Å²) >= 11 is 5.75. The fourth-order valence-corrected chi connectivity index (χ4v) is 3.59. The zero-order chi connectivity index (χ0) is 13.0. The third-order valence-corrected chi connectivity index (χ3v) is 4.59. The van der Waals surface area contributed by atoms with Crippen LogP contribution in [0.15, 0.2) is 24.3 Å². The molecule has 0 saturated carbocycles. The van der Waals surface area contributed by atoms with Gasteiger partial charge in [0.25, 0.3) is 0 Å². The molecule has 1 aromatic rings. The van der Waals surface area contributed by atoms with Crippen molar-refractivity contribution in [3.63, 3.8) is 0 Å². The molecule has 0 spiro atoms. The quantitative estimate of drug-likeness (QED) is 0.893. The lowest BCUT2D eigenvalue weighted by molar-refractivity contribution is 0.424. The van der Waals surface area contributed by atoms with Crippen LogP contribution in [0.4, 0.5) is 5.69 Å². The van der Waals surface area contributed by atoms with E-state index in [0.717, 1.165) is 25.8 Å². The largest absolute Gasteiger partial charge is 0.313 e. The highest BCUT2D eigenvalue weighted by Crippen LogP contribution is 2.16. The first-order valence-electron chi connectivity index (χ1n) is 6.05. The third-order valence-electron chi connectivity index (χ3n) is 2.95. The molecule has 100 valence electrons. The number of hydrogen-bond donors (Lipinski definition) is 2. The zero-order valence-electron chi connectivity index (χ0n) is 10.0. The lowest BCUT2D eigenvalue weighted by atomic mass is 10.1. The molecular formula is C12H17ClN2O2S. The first-order chi connectivity index (χ1) is 8.55. The molecule has 1 atom stereocenters. The van der Waals surface area contributed by atoms with E-state index in [-0.39, 0.29) is 11.8 Å². The summed E-state index contributed by atoms with van der Waals surface area (Å²) < 4.78 is 26.5. The SMILES string of the molecule is O=S(=O)(CC1CCCCN1)Nc1ccc(Cl)cc1. The van der Waals surface area contributed by atoms with Crippen molar-refractivity contribution >= 4 is 27.3 Å². The van der Waals surface area contributed by atoms with Crippen LogP contribution in [0.1, 0.15) is 19.3 Å². The van der Waals surface area contributed by atoms with Gasteiger partial charge in [0, 0.05) is 16.8 Å². The van der Waals surface area contributed by atoms with E-state index in [1.165, 1.54) is 0 Å². The molecule has 1 unspecified atom stereocenters. The Morgan fingerprint density at radius 2 is 2.00 bits per heavy atom. The van der Waals surface area contributed by atoms with Gasteiger partial charge in [-0.1, -0.05) is 18.0 Å². The lowest BCUT2D eigenvalue weighted by Crippen LogP contribution is -2.40. The summed E-state index contributed by atoms with van der Waals surface area (Å²) in [5.41, 5.74) is 0.551. The van der Waals surface area contributed by atoms with Gasteiger partial charge >= 0.3 is 0 Å². The molecular weight excluding hydrogens is 272 g/mol. The summed E-state index contributed by atoms with van der Waals surface area (Å²) in [6.45, 7) is 0.904. The summed E-state index contributed by atoms with van der Waals surface area (Å²) in [5, 5.41) is 3.82. The Kier molecular flexibility index (Phi) is 4.48. The van der Waals surface area contributed by atoms with Crippen LogP contribution in [0.5, 0.6) is 0 Å². The zero-order valence-corrected chi connectivity index (χ0v) is 11.6. The highest BCUT2D eigenvalue weighted by atomic mass is 35.5. The van der Waals surface area contributed by atoms with Crippen molar-refractivity contribution in [1.82, 2.24) is 5.32 Å². The minimum Gasteiger partial charge on any atom is -0.313 e. The van der Waals surface area contributed by atoms with Crippen LogP contribution in [0.3, 0.4) is 0 Å². The summed E-state index contributed by atoms with van der Waals surface area (Å²) in [5.74, 6) is 0.121. The van der Waals surface area contributed by atoms with Crippen LogP contribution in [0, 0.1) is 0 Å². The maximum atomic E-state index is 12.0. The number of piperidine rings is 1. The van der Waals surface area contributed by atoms with Crippen LogP contribution in [-0.4, -0.2) is 26.8 Å². The predicted octanol–water partition coefficient (Wildman–Crippen LogP) is 2.22. The van der Waals surface area contributed by atoms with Crippen molar-refractivity contribution in [2.75, 3.05) is 17.0 Å². The van der Waals surface area contributed by atoms with Crippen molar-refractivity contribution in [3.8, 4) is 0 Å². The molecule has 1 aliphatic heterocycles. The van der Waals surface area contributed by atoms with Gasteiger partial charge in [0.15, 0.2) is 0 Å². The van der Waals surface area contributed by atoms with Gasteiger partial charge < -0.3 is 5.32 Å². The number of rotatable bonds is 4. The highest BCUT2D eigenvalue weighted by Gasteiger charge is 2.20. The van der Waals surface area contributed by atoms with Crippen LogP contribution >= 0.6 is 11.6 Å². The molecule has 4 nitrogen and oxygen atoms in total. The second-order valence-electron chi connectivity index (χ2n) is 4.54. The maximum Gasteiger partial charge on any atom is 0.234 e. The molecule has 1 aliphatic rings. The second kappa shape index (κ2) is 5.91. The van der Waals surface area contributed by atoms with E-state index < -0.39 is 10.0 Å². The fraction of sp³-hybridized carbons (Fsp3) is 0.500. The van der Waals surface area contributed by atoms with Gasteiger partial charge in [0.2, 0.25) is 10.0 Å². The summed E-state index contributed by atoms with van der Waals surface area (Å²) in [4.78, 5) is 0. The summed E-state index contributed by atoms with van der Waals surface area (Å²) in [7, 11) is -3.30. The molecule has 1 heterocycles. The third kappa shape index (κ3) is 4.15. The Balaban J connectivity index is 1.96. The van der Waals surface area contributed by atoms with Crippen molar-refractivity contribution in [1.29, 1.82) is 0 Å². The van der Waals surface area contributed by atoms with Crippen LogP contribution in [0.25, 0.3) is 0 Å². The van der Waals surface area contributed by atoms with Gasteiger partial charge in [0.05, 0.1) is 5.75 Å². The monoisotopic (exact) mass is 288 g/mol. The lowest BCUT2D eigenvalue weighted by Gasteiger charge is -2.23. The molecule has 0 bridgehead atoms. The normalized spacial score (nSPS) is 20.6. The molecule has 0 aromatic heterocycles. The van der Waals surface area contributed by atoms with Crippen LogP contribution in [0.2, 0.25) is 5.02 Å². The van der Waals surface area contributed by atoms with Gasteiger partial charge in [-0.3, -0.25) is 4.72 Å². The van der Waals surface area contributed by atoms with E-state index in [0.29, 0.717) is 10.7 Å². The van der Waals surface area contributed by atoms with Gasteiger partial charge in [0.1, 0.15) is 0 Å². The van der Waals surface area contributed by atoms with Crippen LogP contribution in [-0.2, 0) is 10.0 Å². The second-order valence-corrected chi connectivity index (χ2v) is 6.74. The average Bonchev–Trinajstić information content (AvgIpc) is 2.32. The van der Waals surface area contributed by atoms with E-state index in [1.54, 1.807) is 24.3 Å². The molecule has 6 heteroatoms. The molecule has 0 radical (unpaired) electrons. The minimum atomic E-state index is -3.30. The molecule has 1 aromatic carbocycles. The molecule has 2 rings (SSSR count). The Morgan fingerprint density at radius 1 is 1.28 bits per heavy atom. The maximum absolute atomic E-state index is 12.0. The van der Waals surface area contributed by atoms with Crippen LogP contribution < -0.4 is 10.0 Å². The first-order valence-corrected chi connectivity index (χ1v) is 8.08. The average molecular weight is 289 g/mol. The number of nitrogens with one attached hydrogen (secondary N) is 2. The van der Waals surface area contributed by atoms with E-state index in [4.69, 9.17) is 11.6 Å². The minimum absolute atomic E-state index is 0.0588. The standard InChI is InChI=1S/C12H17ClN2O2S/c13-10-4-6-11(7-5-10)15-18(16,17)9-12-3-1-2-8-14-12/h4-7,12,14-15H,1-3,8-9H2. The van der Waals surface area contributed by atoms with Crippen molar-refractivity contribution in [2.24, 2.45) is 0 Å². The van der Waals surface area contributed by atoms with Crippen molar-refractivity contribution < 1.29 is 8.42 Å². The molecule has 0 amide bonds. The molecule has 1 saturated heterocycles. The fourth-order valence-electron chi connectivity index (χ4n) is 2.07. The van der Waals surface area contributed by atoms with Crippen molar-refractivity contribution in [3.05, 3.63) is 29.3 Å². The van der Waals surface area contributed by atoms with E-state index in [9.17, 15) is 8.42 Å². The first kappa shape index (κ1) is 13.6. The Labute approximate surface area is 113 Å². The Hall–Kier alpha value is -0.780. The smallest absolute Gasteiger partial charge is 0.234 e.